The normalized spacial score (nSPS) is 11.4. The van der Waals surface area contributed by atoms with Crippen molar-refractivity contribution < 1.29 is 18.0 Å². The van der Waals surface area contributed by atoms with E-state index in [0.29, 0.717) is 0 Å². The van der Waals surface area contributed by atoms with E-state index in [0.717, 1.165) is 22.3 Å². The average Bonchev–Trinajstić information content (AvgIpc) is 2.69. The topological polar surface area (TPSA) is 29.1 Å². The number of halogens is 4. The molecule has 0 saturated carbocycles. The van der Waals surface area contributed by atoms with Crippen molar-refractivity contribution in [2.45, 2.75) is 24.4 Å². The standard InChI is InChI=1S/C23H19ClF3NOS/c1-2-30-17-10-7-15(8-11-17)13-22(29)28-16-9-12-18(20(14-16)23(25,26)27)19-5-3-4-6-21(19)24/h3-12,14H,2,13H2,1H3,(H,28,29). The van der Waals surface area contributed by atoms with Gasteiger partial charge in [0.1, 0.15) is 0 Å². The number of carbonyl (C=O) groups is 1. The quantitative estimate of drug-likeness (QED) is 0.399. The second-order valence-electron chi connectivity index (χ2n) is 6.54. The molecule has 3 rings (SSSR count). The monoisotopic (exact) mass is 449 g/mol. The first-order chi connectivity index (χ1) is 14.3. The Morgan fingerprint density at radius 3 is 2.33 bits per heavy atom. The van der Waals surface area contributed by atoms with Crippen molar-refractivity contribution in [1.29, 1.82) is 0 Å². The highest BCUT2D eigenvalue weighted by Crippen LogP contribution is 2.40. The predicted molar refractivity (Wildman–Crippen MR) is 117 cm³/mol. The smallest absolute Gasteiger partial charge is 0.326 e. The lowest BCUT2D eigenvalue weighted by Gasteiger charge is -2.16. The Labute approximate surface area is 182 Å². The summed E-state index contributed by atoms with van der Waals surface area (Å²) in [6, 6.07) is 17.6. The summed E-state index contributed by atoms with van der Waals surface area (Å²) >= 11 is 7.78. The minimum Gasteiger partial charge on any atom is -0.326 e. The van der Waals surface area contributed by atoms with Crippen LogP contribution in [0, 0.1) is 0 Å². The molecule has 1 N–H and O–H groups in total. The third-order valence-corrected chi connectivity index (χ3v) is 5.60. The van der Waals surface area contributed by atoms with Crippen molar-refractivity contribution in [2.24, 2.45) is 0 Å². The Morgan fingerprint density at radius 1 is 1.00 bits per heavy atom. The molecule has 0 aromatic heterocycles. The van der Waals surface area contributed by atoms with Crippen molar-refractivity contribution >= 4 is 35.0 Å². The molecule has 1 amide bonds. The zero-order valence-electron chi connectivity index (χ0n) is 16.1. The molecule has 7 heteroatoms. The third-order valence-electron chi connectivity index (χ3n) is 4.37. The Bertz CT molecular complexity index is 1040. The van der Waals surface area contributed by atoms with E-state index < -0.39 is 11.7 Å². The number of rotatable bonds is 6. The Hall–Kier alpha value is -2.44. The number of anilines is 1. The first-order valence-corrected chi connectivity index (χ1v) is 10.6. The van der Waals surface area contributed by atoms with Crippen molar-refractivity contribution in [3.63, 3.8) is 0 Å². The summed E-state index contributed by atoms with van der Waals surface area (Å²) in [6.45, 7) is 2.05. The van der Waals surface area contributed by atoms with Crippen LogP contribution >= 0.6 is 23.4 Å². The number of thioether (sulfide) groups is 1. The van der Waals surface area contributed by atoms with Gasteiger partial charge in [0.05, 0.1) is 12.0 Å². The van der Waals surface area contributed by atoms with E-state index in [1.807, 2.05) is 24.3 Å². The van der Waals surface area contributed by atoms with E-state index in [1.165, 1.54) is 24.3 Å². The van der Waals surface area contributed by atoms with Gasteiger partial charge in [-0.3, -0.25) is 4.79 Å². The van der Waals surface area contributed by atoms with Gasteiger partial charge in [0, 0.05) is 21.2 Å². The molecule has 0 aliphatic heterocycles. The van der Waals surface area contributed by atoms with Crippen LogP contribution in [0.25, 0.3) is 11.1 Å². The Balaban J connectivity index is 1.81. The van der Waals surface area contributed by atoms with Gasteiger partial charge in [-0.05, 0) is 47.2 Å². The SMILES string of the molecule is CCSc1ccc(CC(=O)Nc2ccc(-c3ccccc3Cl)c(C(F)(F)F)c2)cc1. The maximum absolute atomic E-state index is 13.7. The van der Waals surface area contributed by atoms with Crippen LogP contribution in [-0.2, 0) is 17.4 Å². The van der Waals surface area contributed by atoms with E-state index in [1.54, 1.807) is 23.9 Å². The van der Waals surface area contributed by atoms with Crippen LogP contribution in [0.5, 0.6) is 0 Å². The fraction of sp³-hybridized carbons (Fsp3) is 0.174. The first-order valence-electron chi connectivity index (χ1n) is 9.25. The predicted octanol–water partition coefficient (Wildman–Crippen LogP) is 7.32. The maximum atomic E-state index is 13.7. The molecule has 0 aliphatic carbocycles. The fourth-order valence-electron chi connectivity index (χ4n) is 3.03. The third kappa shape index (κ3) is 5.58. The highest BCUT2D eigenvalue weighted by molar-refractivity contribution is 7.99. The molecule has 156 valence electrons. The number of amides is 1. The maximum Gasteiger partial charge on any atom is 0.417 e. The van der Waals surface area contributed by atoms with Crippen LogP contribution in [0.4, 0.5) is 18.9 Å². The van der Waals surface area contributed by atoms with E-state index in [9.17, 15) is 18.0 Å². The summed E-state index contributed by atoms with van der Waals surface area (Å²) in [4.78, 5) is 13.4. The van der Waals surface area contributed by atoms with Crippen LogP contribution in [0.15, 0.2) is 71.6 Å². The van der Waals surface area contributed by atoms with Crippen LogP contribution in [0.3, 0.4) is 0 Å². The molecule has 30 heavy (non-hydrogen) atoms. The van der Waals surface area contributed by atoms with Gasteiger partial charge in [-0.2, -0.15) is 13.2 Å². The van der Waals surface area contributed by atoms with Gasteiger partial charge in [0.25, 0.3) is 0 Å². The first kappa shape index (κ1) is 22.2. The molecule has 3 aromatic carbocycles. The number of hydrogen-bond acceptors (Lipinski definition) is 2. The minimum absolute atomic E-state index is 0.0323. The van der Waals surface area contributed by atoms with E-state index >= 15 is 0 Å². The average molecular weight is 450 g/mol. The molecule has 0 aliphatic rings. The summed E-state index contributed by atoms with van der Waals surface area (Å²) in [6.07, 6.45) is -4.52. The summed E-state index contributed by atoms with van der Waals surface area (Å²) < 4.78 is 41.0. The number of benzene rings is 3. The largest absolute Gasteiger partial charge is 0.417 e. The van der Waals surface area contributed by atoms with Crippen molar-refractivity contribution in [2.75, 3.05) is 11.1 Å². The van der Waals surface area contributed by atoms with Gasteiger partial charge in [-0.1, -0.05) is 54.9 Å². The molecule has 0 spiro atoms. The number of carbonyl (C=O) groups excluding carboxylic acids is 1. The molecule has 3 aromatic rings. The van der Waals surface area contributed by atoms with Gasteiger partial charge < -0.3 is 5.32 Å². The van der Waals surface area contributed by atoms with E-state index in [2.05, 4.69) is 12.2 Å². The fourth-order valence-corrected chi connectivity index (χ4v) is 3.93. The molecule has 0 atom stereocenters. The molecule has 0 saturated heterocycles. The highest BCUT2D eigenvalue weighted by Gasteiger charge is 2.34. The van der Waals surface area contributed by atoms with Gasteiger partial charge >= 0.3 is 6.18 Å². The van der Waals surface area contributed by atoms with Crippen molar-refractivity contribution in [1.82, 2.24) is 0 Å². The molecule has 0 fully saturated rings. The summed E-state index contributed by atoms with van der Waals surface area (Å²) in [7, 11) is 0. The van der Waals surface area contributed by atoms with Crippen LogP contribution in [-0.4, -0.2) is 11.7 Å². The van der Waals surface area contributed by atoms with E-state index in [4.69, 9.17) is 11.6 Å². The number of hydrogen-bond donors (Lipinski definition) is 1. The van der Waals surface area contributed by atoms with Crippen LogP contribution < -0.4 is 5.32 Å². The van der Waals surface area contributed by atoms with E-state index in [-0.39, 0.29) is 34.2 Å². The van der Waals surface area contributed by atoms with Crippen LogP contribution in [0.2, 0.25) is 5.02 Å². The lowest BCUT2D eigenvalue weighted by Crippen LogP contribution is -2.15. The zero-order valence-corrected chi connectivity index (χ0v) is 17.7. The molecule has 2 nitrogen and oxygen atoms in total. The van der Waals surface area contributed by atoms with Gasteiger partial charge in [-0.15, -0.1) is 11.8 Å². The second-order valence-corrected chi connectivity index (χ2v) is 8.28. The molecule has 0 unspecified atom stereocenters. The Morgan fingerprint density at radius 2 is 1.70 bits per heavy atom. The molecule has 0 heterocycles. The van der Waals surface area contributed by atoms with Gasteiger partial charge in [0.2, 0.25) is 5.91 Å². The minimum atomic E-state index is -4.60. The second kappa shape index (κ2) is 9.58. The zero-order chi connectivity index (χ0) is 21.7. The summed E-state index contributed by atoms with van der Waals surface area (Å²) in [5.41, 5.74) is 0.275. The number of alkyl halides is 3. The lowest BCUT2D eigenvalue weighted by atomic mass is 9.98. The summed E-state index contributed by atoms with van der Waals surface area (Å²) in [5, 5.41) is 2.79. The number of nitrogens with one attached hydrogen (secondary N) is 1. The van der Waals surface area contributed by atoms with Gasteiger partial charge in [-0.25, -0.2) is 0 Å². The molecular weight excluding hydrogens is 431 g/mol. The highest BCUT2D eigenvalue weighted by atomic mass is 35.5. The molecule has 0 bridgehead atoms. The van der Waals surface area contributed by atoms with Crippen molar-refractivity contribution in [3.05, 3.63) is 82.9 Å². The van der Waals surface area contributed by atoms with Gasteiger partial charge in [0.15, 0.2) is 0 Å². The molecular formula is C23H19ClF3NOS. The molecule has 0 radical (unpaired) electrons. The Kier molecular flexibility index (Phi) is 7.10. The summed E-state index contributed by atoms with van der Waals surface area (Å²) in [5.74, 6) is 0.565. The van der Waals surface area contributed by atoms with Crippen LogP contribution in [0.1, 0.15) is 18.1 Å². The lowest BCUT2D eigenvalue weighted by molar-refractivity contribution is -0.137. The van der Waals surface area contributed by atoms with Crippen molar-refractivity contribution in [3.8, 4) is 11.1 Å².